The summed E-state index contributed by atoms with van der Waals surface area (Å²) in [7, 11) is 0. The van der Waals surface area contributed by atoms with Gasteiger partial charge in [0.15, 0.2) is 5.92 Å². The molecular formula is C13H10F6O2. The van der Waals surface area contributed by atoms with Crippen LogP contribution in [0.5, 0.6) is 0 Å². The van der Waals surface area contributed by atoms with Crippen LogP contribution in [-0.2, 0) is 10.2 Å². The average molecular weight is 312 g/mol. The number of rotatable bonds is 3. The van der Waals surface area contributed by atoms with Crippen molar-refractivity contribution in [1.29, 1.82) is 0 Å². The second kappa shape index (κ2) is 4.64. The summed E-state index contributed by atoms with van der Waals surface area (Å²) in [6, 6.07) is 3.45. The number of carbonyl (C=O) groups is 1. The average Bonchev–Trinajstić information content (AvgIpc) is 3.07. The van der Waals surface area contributed by atoms with Crippen LogP contribution in [0.2, 0.25) is 0 Å². The van der Waals surface area contributed by atoms with Crippen LogP contribution < -0.4 is 0 Å². The molecule has 1 N–H and O–H groups in total. The zero-order chi connectivity index (χ0) is 16.1. The number of benzene rings is 1. The molecule has 0 amide bonds. The first-order valence-corrected chi connectivity index (χ1v) is 5.96. The van der Waals surface area contributed by atoms with Crippen molar-refractivity contribution in [1.82, 2.24) is 0 Å². The molecule has 0 aromatic heterocycles. The predicted molar refractivity (Wildman–Crippen MR) is 59.8 cm³/mol. The molecule has 0 aliphatic heterocycles. The Hall–Kier alpha value is -1.73. The van der Waals surface area contributed by atoms with Crippen LogP contribution in [0.4, 0.5) is 26.3 Å². The third-order valence-electron chi connectivity index (χ3n) is 3.61. The van der Waals surface area contributed by atoms with E-state index < -0.39 is 35.2 Å². The Balaban J connectivity index is 2.36. The number of aliphatic carboxylic acids is 1. The van der Waals surface area contributed by atoms with Crippen LogP contribution in [0, 0.1) is 0 Å². The summed E-state index contributed by atoms with van der Waals surface area (Å²) < 4.78 is 75.4. The molecule has 1 aromatic rings. The zero-order valence-corrected chi connectivity index (χ0v) is 10.4. The van der Waals surface area contributed by atoms with E-state index in [9.17, 15) is 31.1 Å². The molecule has 0 unspecified atom stereocenters. The smallest absolute Gasteiger partial charge is 0.404 e. The van der Waals surface area contributed by atoms with Gasteiger partial charge >= 0.3 is 18.3 Å². The van der Waals surface area contributed by atoms with Gasteiger partial charge in [0.05, 0.1) is 5.41 Å². The molecule has 2 nitrogen and oxygen atoms in total. The van der Waals surface area contributed by atoms with Crippen molar-refractivity contribution < 1.29 is 36.2 Å². The van der Waals surface area contributed by atoms with Gasteiger partial charge in [-0.3, -0.25) is 4.79 Å². The molecule has 0 radical (unpaired) electrons. The van der Waals surface area contributed by atoms with Gasteiger partial charge in [-0.25, -0.2) is 0 Å². The van der Waals surface area contributed by atoms with Crippen molar-refractivity contribution in [3.8, 4) is 0 Å². The molecule has 1 saturated carbocycles. The maximum Gasteiger partial charge on any atom is 0.404 e. The molecule has 0 heterocycles. The number of hydrogen-bond donors (Lipinski definition) is 1. The lowest BCUT2D eigenvalue weighted by Crippen LogP contribution is -2.34. The Morgan fingerprint density at radius 1 is 1.00 bits per heavy atom. The minimum absolute atomic E-state index is 0.224. The van der Waals surface area contributed by atoms with Crippen LogP contribution in [0.3, 0.4) is 0 Å². The standard InChI is InChI=1S/C13H10F6O2/c14-12(15,16)9(13(17,18)19)7-1-3-8(4-2-7)11(5-6-11)10(20)21/h1-4,9H,5-6H2,(H,20,21). The van der Waals surface area contributed by atoms with E-state index in [0.29, 0.717) is 25.0 Å². The van der Waals surface area contributed by atoms with Gasteiger partial charge in [0.1, 0.15) is 0 Å². The number of carboxylic acid groups (broad SMARTS) is 1. The Bertz CT molecular complexity index is 525. The van der Waals surface area contributed by atoms with Crippen molar-refractivity contribution in [2.24, 2.45) is 0 Å². The summed E-state index contributed by atoms with van der Waals surface area (Å²) in [6.07, 6.45) is -10.3. The van der Waals surface area contributed by atoms with Crippen molar-refractivity contribution >= 4 is 5.97 Å². The highest BCUT2D eigenvalue weighted by Gasteiger charge is 2.57. The molecule has 1 aromatic carbocycles. The summed E-state index contributed by atoms with van der Waals surface area (Å²) in [5.41, 5.74) is -1.88. The van der Waals surface area contributed by atoms with Gasteiger partial charge in [-0.05, 0) is 24.0 Å². The van der Waals surface area contributed by atoms with Crippen LogP contribution in [0.25, 0.3) is 0 Å². The normalized spacial score (nSPS) is 17.9. The maximum absolute atomic E-state index is 12.6. The van der Waals surface area contributed by atoms with Crippen LogP contribution in [-0.4, -0.2) is 23.4 Å². The SMILES string of the molecule is O=C(O)C1(c2ccc(C(C(F)(F)F)C(F)(F)F)cc2)CC1. The van der Waals surface area contributed by atoms with E-state index in [1.807, 2.05) is 0 Å². The van der Waals surface area contributed by atoms with Crippen LogP contribution >= 0.6 is 0 Å². The summed E-state index contributed by atoms with van der Waals surface area (Å²) in [5, 5.41) is 9.03. The van der Waals surface area contributed by atoms with Crippen molar-refractivity contribution in [3.05, 3.63) is 35.4 Å². The summed E-state index contributed by atoms with van der Waals surface area (Å²) in [4.78, 5) is 11.1. The maximum atomic E-state index is 12.6. The lowest BCUT2D eigenvalue weighted by Gasteiger charge is -2.23. The molecule has 1 aliphatic carbocycles. The van der Waals surface area contributed by atoms with Gasteiger partial charge in [0.2, 0.25) is 0 Å². The fourth-order valence-electron chi connectivity index (χ4n) is 2.31. The molecule has 0 spiro atoms. The fourth-order valence-corrected chi connectivity index (χ4v) is 2.31. The molecule has 1 fully saturated rings. The highest BCUT2D eigenvalue weighted by molar-refractivity contribution is 5.84. The lowest BCUT2D eigenvalue weighted by molar-refractivity contribution is -0.253. The number of hydrogen-bond acceptors (Lipinski definition) is 1. The Morgan fingerprint density at radius 3 is 1.71 bits per heavy atom. The van der Waals surface area contributed by atoms with Crippen molar-refractivity contribution in [2.45, 2.75) is 36.5 Å². The zero-order valence-electron chi connectivity index (χ0n) is 10.4. The van der Waals surface area contributed by atoms with Crippen LogP contribution in [0.1, 0.15) is 29.9 Å². The second-order valence-corrected chi connectivity index (χ2v) is 5.03. The Kier molecular flexibility index (Phi) is 3.46. The topological polar surface area (TPSA) is 37.3 Å². The second-order valence-electron chi connectivity index (χ2n) is 5.03. The predicted octanol–water partition coefficient (Wildman–Crippen LogP) is 4.01. The molecule has 8 heteroatoms. The van der Waals surface area contributed by atoms with Crippen LogP contribution in [0.15, 0.2) is 24.3 Å². The lowest BCUT2D eigenvalue weighted by atomic mass is 9.91. The molecule has 0 bridgehead atoms. The first kappa shape index (κ1) is 15.7. The third-order valence-corrected chi connectivity index (χ3v) is 3.61. The minimum Gasteiger partial charge on any atom is -0.481 e. The first-order valence-electron chi connectivity index (χ1n) is 5.96. The fraction of sp³-hybridized carbons (Fsp3) is 0.462. The molecule has 0 atom stereocenters. The molecule has 21 heavy (non-hydrogen) atoms. The molecule has 2 rings (SSSR count). The Labute approximate surface area is 115 Å². The van der Waals surface area contributed by atoms with Gasteiger partial charge in [-0.2, -0.15) is 26.3 Å². The minimum atomic E-state index is -5.45. The van der Waals surface area contributed by atoms with E-state index >= 15 is 0 Å². The monoisotopic (exact) mass is 312 g/mol. The molecule has 0 saturated heterocycles. The molecule has 116 valence electrons. The summed E-state index contributed by atoms with van der Waals surface area (Å²) in [5.74, 6) is -4.70. The number of halogens is 6. The summed E-state index contributed by atoms with van der Waals surface area (Å²) in [6.45, 7) is 0. The van der Waals surface area contributed by atoms with E-state index in [0.717, 1.165) is 12.1 Å². The van der Waals surface area contributed by atoms with Crippen molar-refractivity contribution in [3.63, 3.8) is 0 Å². The van der Waals surface area contributed by atoms with Gasteiger partial charge in [0, 0.05) is 0 Å². The number of alkyl halides is 6. The van der Waals surface area contributed by atoms with E-state index in [4.69, 9.17) is 5.11 Å². The highest BCUT2D eigenvalue weighted by Crippen LogP contribution is 2.50. The Morgan fingerprint density at radius 2 is 1.43 bits per heavy atom. The van der Waals surface area contributed by atoms with Gasteiger partial charge in [0.25, 0.3) is 0 Å². The van der Waals surface area contributed by atoms with Gasteiger partial charge < -0.3 is 5.11 Å². The first-order chi connectivity index (χ1) is 9.48. The van der Waals surface area contributed by atoms with Gasteiger partial charge in [-0.1, -0.05) is 24.3 Å². The van der Waals surface area contributed by atoms with Crippen molar-refractivity contribution in [2.75, 3.05) is 0 Å². The van der Waals surface area contributed by atoms with E-state index in [-0.39, 0.29) is 5.56 Å². The van der Waals surface area contributed by atoms with E-state index in [1.54, 1.807) is 0 Å². The largest absolute Gasteiger partial charge is 0.481 e. The van der Waals surface area contributed by atoms with Gasteiger partial charge in [-0.15, -0.1) is 0 Å². The number of carboxylic acids is 1. The van der Waals surface area contributed by atoms with E-state index in [2.05, 4.69) is 0 Å². The third kappa shape index (κ3) is 2.84. The quantitative estimate of drug-likeness (QED) is 0.856. The molecular weight excluding hydrogens is 302 g/mol. The molecule has 1 aliphatic rings. The highest BCUT2D eigenvalue weighted by atomic mass is 19.4. The summed E-state index contributed by atoms with van der Waals surface area (Å²) >= 11 is 0. The van der Waals surface area contributed by atoms with E-state index in [1.165, 1.54) is 0 Å².